The molecule has 0 saturated heterocycles. The summed E-state index contributed by atoms with van der Waals surface area (Å²) in [6.07, 6.45) is 0.981. The molecule has 2 aromatic rings. The van der Waals surface area contributed by atoms with Crippen molar-refractivity contribution in [3.05, 3.63) is 70.3 Å². The van der Waals surface area contributed by atoms with Gasteiger partial charge >= 0.3 is 0 Å². The minimum Gasteiger partial charge on any atom is -0.380 e. The first kappa shape index (κ1) is 22.4. The summed E-state index contributed by atoms with van der Waals surface area (Å²) in [6, 6.07) is 15.1. The fourth-order valence-corrected chi connectivity index (χ4v) is 2.86. The summed E-state index contributed by atoms with van der Waals surface area (Å²) in [5.41, 5.74) is 6.39. The zero-order valence-electron chi connectivity index (χ0n) is 16.1. The number of aryl methyl sites for hydroxylation is 2. The highest BCUT2D eigenvalue weighted by molar-refractivity contribution is 14.0. The molecule has 0 amide bonds. The highest BCUT2D eigenvalue weighted by Gasteiger charge is 2.01. The van der Waals surface area contributed by atoms with Crippen molar-refractivity contribution in [3.8, 4) is 0 Å². The van der Waals surface area contributed by atoms with Crippen LogP contribution in [0.15, 0.2) is 47.5 Å². The van der Waals surface area contributed by atoms with Crippen molar-refractivity contribution in [1.82, 2.24) is 10.6 Å². The number of methoxy groups -OCH3 is 1. The maximum atomic E-state index is 5.13. The van der Waals surface area contributed by atoms with Gasteiger partial charge in [0.15, 0.2) is 5.96 Å². The van der Waals surface area contributed by atoms with Gasteiger partial charge in [0.25, 0.3) is 0 Å². The van der Waals surface area contributed by atoms with Gasteiger partial charge in [0, 0.05) is 27.2 Å². The van der Waals surface area contributed by atoms with E-state index in [0.29, 0.717) is 6.61 Å². The Labute approximate surface area is 174 Å². The van der Waals surface area contributed by atoms with E-state index in [1.54, 1.807) is 14.2 Å². The van der Waals surface area contributed by atoms with Gasteiger partial charge in [-0.1, -0.05) is 53.6 Å². The summed E-state index contributed by atoms with van der Waals surface area (Å²) in [4.78, 5) is 4.29. The predicted octanol–water partition coefficient (Wildman–Crippen LogP) is 3.98. The van der Waals surface area contributed by atoms with Crippen molar-refractivity contribution in [2.24, 2.45) is 4.99 Å². The summed E-state index contributed by atoms with van der Waals surface area (Å²) in [6.45, 7) is 6.53. The van der Waals surface area contributed by atoms with Gasteiger partial charge < -0.3 is 15.4 Å². The van der Waals surface area contributed by atoms with Crippen molar-refractivity contribution in [2.75, 3.05) is 20.7 Å². The molecular weight excluding hydrogens is 437 g/mol. The number of nitrogens with one attached hydrogen (secondary N) is 2. The maximum Gasteiger partial charge on any atom is 0.191 e. The molecule has 0 radical (unpaired) electrons. The zero-order valence-corrected chi connectivity index (χ0v) is 18.5. The van der Waals surface area contributed by atoms with E-state index in [1.807, 2.05) is 0 Å². The van der Waals surface area contributed by atoms with Gasteiger partial charge in [0.1, 0.15) is 0 Å². The Morgan fingerprint density at radius 3 is 2.12 bits per heavy atom. The van der Waals surface area contributed by atoms with Gasteiger partial charge in [0.2, 0.25) is 0 Å². The van der Waals surface area contributed by atoms with Crippen molar-refractivity contribution >= 4 is 29.9 Å². The van der Waals surface area contributed by atoms with E-state index in [2.05, 4.69) is 71.9 Å². The van der Waals surface area contributed by atoms with Gasteiger partial charge in [-0.15, -0.1) is 24.0 Å². The van der Waals surface area contributed by atoms with Crippen molar-refractivity contribution in [1.29, 1.82) is 0 Å². The highest BCUT2D eigenvalue weighted by Crippen LogP contribution is 2.09. The van der Waals surface area contributed by atoms with Gasteiger partial charge in [-0.25, -0.2) is 0 Å². The monoisotopic (exact) mass is 467 g/mol. The van der Waals surface area contributed by atoms with E-state index in [1.165, 1.54) is 27.8 Å². The van der Waals surface area contributed by atoms with Gasteiger partial charge in [0.05, 0.1) is 6.61 Å². The van der Waals surface area contributed by atoms with E-state index in [0.717, 1.165) is 25.5 Å². The SMILES string of the molecule is CN=C(NCCc1cc(C)cc(C)c1)NCc1ccc(COC)cc1.I. The van der Waals surface area contributed by atoms with Crippen molar-refractivity contribution < 1.29 is 4.74 Å². The molecule has 5 heteroatoms. The van der Waals surface area contributed by atoms with Gasteiger partial charge in [-0.2, -0.15) is 0 Å². The molecule has 0 saturated carbocycles. The lowest BCUT2D eigenvalue weighted by atomic mass is 10.1. The normalized spacial score (nSPS) is 11.0. The number of aliphatic imine (C=N–C) groups is 1. The first-order valence-electron chi connectivity index (χ1n) is 8.69. The third-order valence-electron chi connectivity index (χ3n) is 4.01. The minimum atomic E-state index is 0. The molecule has 0 fully saturated rings. The molecule has 0 bridgehead atoms. The Bertz CT molecular complexity index is 679. The molecule has 142 valence electrons. The summed E-state index contributed by atoms with van der Waals surface area (Å²) < 4.78 is 5.13. The number of halogens is 1. The molecule has 4 nitrogen and oxygen atoms in total. The molecule has 2 N–H and O–H groups in total. The molecular formula is C21H30IN3O. The second kappa shape index (κ2) is 11.9. The van der Waals surface area contributed by atoms with Crippen molar-refractivity contribution in [2.45, 2.75) is 33.4 Å². The topological polar surface area (TPSA) is 45.7 Å². The van der Waals surface area contributed by atoms with Gasteiger partial charge in [-0.05, 0) is 37.0 Å². The van der Waals surface area contributed by atoms with Crippen LogP contribution in [0.2, 0.25) is 0 Å². The first-order chi connectivity index (χ1) is 12.1. The molecule has 0 aliphatic carbocycles. The van der Waals surface area contributed by atoms with Crippen LogP contribution in [0.5, 0.6) is 0 Å². The van der Waals surface area contributed by atoms with Crippen LogP contribution in [-0.2, 0) is 24.3 Å². The van der Waals surface area contributed by atoms with Crippen LogP contribution in [-0.4, -0.2) is 26.7 Å². The molecule has 0 unspecified atom stereocenters. The molecule has 0 aliphatic heterocycles. The molecule has 0 spiro atoms. The third-order valence-corrected chi connectivity index (χ3v) is 4.01. The van der Waals surface area contributed by atoms with Crippen LogP contribution in [0.4, 0.5) is 0 Å². The highest BCUT2D eigenvalue weighted by atomic mass is 127. The number of hydrogen-bond donors (Lipinski definition) is 2. The van der Waals surface area contributed by atoms with Crippen LogP contribution in [0.1, 0.15) is 27.8 Å². The lowest BCUT2D eigenvalue weighted by Crippen LogP contribution is -2.37. The molecule has 0 aliphatic rings. The molecule has 0 atom stereocenters. The lowest BCUT2D eigenvalue weighted by Gasteiger charge is -2.13. The average Bonchev–Trinajstić information content (AvgIpc) is 2.58. The number of nitrogens with zero attached hydrogens (tertiary/aromatic N) is 1. The van der Waals surface area contributed by atoms with E-state index in [9.17, 15) is 0 Å². The average molecular weight is 467 g/mol. The second-order valence-electron chi connectivity index (χ2n) is 6.35. The molecule has 0 aromatic heterocycles. The fraction of sp³-hybridized carbons (Fsp3) is 0.381. The van der Waals surface area contributed by atoms with Crippen LogP contribution < -0.4 is 10.6 Å². The summed E-state index contributed by atoms with van der Waals surface area (Å²) in [5, 5.41) is 6.73. The van der Waals surface area contributed by atoms with Gasteiger partial charge in [-0.3, -0.25) is 4.99 Å². The Morgan fingerprint density at radius 1 is 0.923 bits per heavy atom. The largest absolute Gasteiger partial charge is 0.380 e. The Hall–Kier alpha value is -1.60. The number of guanidine groups is 1. The molecule has 2 rings (SSSR count). The second-order valence-corrected chi connectivity index (χ2v) is 6.35. The molecule has 26 heavy (non-hydrogen) atoms. The van der Waals surface area contributed by atoms with E-state index >= 15 is 0 Å². The standard InChI is InChI=1S/C21H29N3O.HI/c1-16-11-17(2)13-20(12-16)9-10-23-21(22-3)24-14-18-5-7-19(8-6-18)15-25-4;/h5-8,11-13H,9-10,14-15H2,1-4H3,(H2,22,23,24);1H. The quantitative estimate of drug-likeness (QED) is 0.368. The maximum absolute atomic E-state index is 5.13. The number of benzene rings is 2. The first-order valence-corrected chi connectivity index (χ1v) is 8.69. The molecule has 0 heterocycles. The van der Waals surface area contributed by atoms with E-state index < -0.39 is 0 Å². The number of rotatable bonds is 7. The lowest BCUT2D eigenvalue weighted by molar-refractivity contribution is 0.185. The van der Waals surface area contributed by atoms with Crippen molar-refractivity contribution in [3.63, 3.8) is 0 Å². The Kier molecular flexibility index (Phi) is 10.3. The van der Waals surface area contributed by atoms with Crippen LogP contribution in [0, 0.1) is 13.8 Å². The minimum absolute atomic E-state index is 0. The van der Waals surface area contributed by atoms with E-state index in [-0.39, 0.29) is 24.0 Å². The Morgan fingerprint density at radius 2 is 1.54 bits per heavy atom. The summed E-state index contributed by atoms with van der Waals surface area (Å²) in [7, 11) is 3.51. The smallest absolute Gasteiger partial charge is 0.191 e. The Balaban J connectivity index is 0.00000338. The van der Waals surface area contributed by atoms with Crippen LogP contribution in [0.25, 0.3) is 0 Å². The van der Waals surface area contributed by atoms with Crippen LogP contribution in [0.3, 0.4) is 0 Å². The molecule has 2 aromatic carbocycles. The predicted molar refractivity (Wildman–Crippen MR) is 120 cm³/mol. The van der Waals surface area contributed by atoms with E-state index in [4.69, 9.17) is 4.74 Å². The van der Waals surface area contributed by atoms with Crippen LogP contribution >= 0.6 is 24.0 Å². The number of hydrogen-bond acceptors (Lipinski definition) is 2. The summed E-state index contributed by atoms with van der Waals surface area (Å²) >= 11 is 0. The fourth-order valence-electron chi connectivity index (χ4n) is 2.86. The number of ether oxygens (including phenoxy) is 1. The zero-order chi connectivity index (χ0) is 18.1. The third kappa shape index (κ3) is 7.74. The summed E-state index contributed by atoms with van der Waals surface area (Å²) in [5.74, 6) is 0.824.